The molecule has 0 saturated carbocycles. The van der Waals surface area contributed by atoms with E-state index in [1.807, 2.05) is 18.2 Å². The van der Waals surface area contributed by atoms with Gasteiger partial charge in [-0.1, -0.05) is 113 Å². The summed E-state index contributed by atoms with van der Waals surface area (Å²) in [4.78, 5) is 0. The van der Waals surface area contributed by atoms with Crippen LogP contribution in [0.15, 0.2) is 91.0 Å². The van der Waals surface area contributed by atoms with E-state index in [2.05, 4.69) is 104 Å². The van der Waals surface area contributed by atoms with Crippen LogP contribution in [-0.4, -0.2) is 4.78 Å². The van der Waals surface area contributed by atoms with E-state index in [4.69, 9.17) is 22.5 Å². The van der Waals surface area contributed by atoms with Crippen LogP contribution in [0.1, 0.15) is 0 Å². The normalized spacial score (nSPS) is 13.8. The zero-order valence-corrected chi connectivity index (χ0v) is 20.9. The maximum absolute atomic E-state index is 6.75. The molecule has 0 radical (unpaired) electrons. The molecule has 0 heterocycles. The van der Waals surface area contributed by atoms with Crippen molar-refractivity contribution >= 4 is 93.0 Å². The molecule has 0 aliphatic heterocycles. The number of benzene rings is 3. The van der Waals surface area contributed by atoms with Crippen molar-refractivity contribution < 1.29 is 0 Å². The average Bonchev–Trinajstić information content (AvgIpc) is 2.67. The minimum absolute atomic E-state index is 1.06. The zero-order chi connectivity index (χ0) is 18.6. The van der Waals surface area contributed by atoms with Crippen LogP contribution in [0.4, 0.5) is 0 Å². The average molecular weight is 567 g/mol. The van der Waals surface area contributed by atoms with Crippen molar-refractivity contribution in [3.63, 3.8) is 0 Å². The van der Waals surface area contributed by atoms with Crippen molar-refractivity contribution in [2.75, 3.05) is 0 Å². The smallest absolute Gasteiger partial charge is 0.0780 e. The highest BCUT2D eigenvalue weighted by atomic mass is 79.9. The summed E-state index contributed by atoms with van der Waals surface area (Å²) in [6.07, 6.45) is 0. The maximum atomic E-state index is 6.75. The Morgan fingerprint density at radius 2 is 0.846 bits per heavy atom. The summed E-state index contributed by atoms with van der Waals surface area (Å²) in [5.41, 5.74) is 0. The maximum Gasteiger partial charge on any atom is 0.0944 e. The Bertz CT molecular complexity index is 788. The summed E-state index contributed by atoms with van der Waals surface area (Å²) >= 11 is 20.9. The Morgan fingerprint density at radius 1 is 0.577 bits per heavy atom. The lowest BCUT2D eigenvalue weighted by molar-refractivity contribution is 1.73. The van der Waals surface area contributed by atoms with Gasteiger partial charge in [-0.2, -0.15) is 0 Å². The van der Waals surface area contributed by atoms with Gasteiger partial charge in [-0.05, 0) is 53.8 Å². The largest absolute Gasteiger partial charge is 0.0944 e. The van der Waals surface area contributed by atoms with E-state index in [0.29, 0.717) is 0 Å². The fourth-order valence-corrected chi connectivity index (χ4v) is 25.3. The van der Waals surface area contributed by atoms with Crippen molar-refractivity contribution in [2.45, 2.75) is 0 Å². The molecule has 3 aromatic rings. The quantitative estimate of drug-likeness (QED) is 0.275. The Kier molecular flexibility index (Phi) is 7.88. The topological polar surface area (TPSA) is 0 Å². The standard InChI is InChI=1S/C19H15Br2Cl2P3/c20-24(22)19(25(21)23)26(16-10-4-1-5-11-16,17-12-6-2-7-13-17)18-14-8-3-9-15-18/h1-15H. The summed E-state index contributed by atoms with van der Waals surface area (Å²) in [7, 11) is 0. The highest BCUT2D eigenvalue weighted by Gasteiger charge is 2.35. The van der Waals surface area contributed by atoms with Crippen LogP contribution in [0.2, 0.25) is 0 Å². The molecule has 134 valence electrons. The Labute approximate surface area is 182 Å². The second-order valence-corrected chi connectivity index (χ2v) is 20.4. The van der Waals surface area contributed by atoms with Gasteiger partial charge >= 0.3 is 0 Å². The predicted octanol–water partition coefficient (Wildman–Crippen LogP) is 7.96. The molecule has 2 unspecified atom stereocenters. The lowest BCUT2D eigenvalue weighted by Gasteiger charge is -2.33. The van der Waals surface area contributed by atoms with E-state index in [1.54, 1.807) is 0 Å². The summed E-state index contributed by atoms with van der Waals surface area (Å²) in [6, 6.07) is 31.8. The van der Waals surface area contributed by atoms with Crippen LogP contribution in [-0.2, 0) is 0 Å². The first kappa shape index (κ1) is 21.1. The first-order valence-electron chi connectivity index (χ1n) is 7.75. The van der Waals surface area contributed by atoms with E-state index in [9.17, 15) is 0 Å². The predicted molar refractivity (Wildman–Crippen MR) is 134 cm³/mol. The fourth-order valence-electron chi connectivity index (χ4n) is 3.03. The third kappa shape index (κ3) is 4.18. The van der Waals surface area contributed by atoms with Gasteiger partial charge in [0.1, 0.15) is 0 Å². The third-order valence-corrected chi connectivity index (χ3v) is 20.5. The molecule has 2 atom stereocenters. The summed E-state index contributed by atoms with van der Waals surface area (Å²) in [5, 5.41) is 3.77. The number of hydrogen-bond donors (Lipinski definition) is 0. The first-order chi connectivity index (χ1) is 12.6. The lowest BCUT2D eigenvalue weighted by atomic mass is 10.4. The van der Waals surface area contributed by atoms with Crippen LogP contribution in [0, 0.1) is 0 Å². The Morgan fingerprint density at radius 3 is 1.08 bits per heavy atom. The molecular weight excluding hydrogens is 552 g/mol. The van der Waals surface area contributed by atoms with Crippen molar-refractivity contribution in [1.82, 2.24) is 0 Å². The van der Waals surface area contributed by atoms with E-state index >= 15 is 0 Å². The molecule has 26 heavy (non-hydrogen) atoms. The fraction of sp³-hybridized carbons (Fsp3) is 0. The van der Waals surface area contributed by atoms with Gasteiger partial charge in [0.15, 0.2) is 0 Å². The number of rotatable bonds is 5. The molecule has 0 bridgehead atoms. The molecule has 0 nitrogen and oxygen atoms in total. The number of hydrogen-bond acceptors (Lipinski definition) is 0. The Hall–Kier alpha value is 0.360. The van der Waals surface area contributed by atoms with Gasteiger partial charge in [0, 0.05) is 4.78 Å². The van der Waals surface area contributed by atoms with Crippen LogP contribution < -0.4 is 15.9 Å². The summed E-state index contributed by atoms with van der Waals surface area (Å²) in [5.74, 6) is -2.12. The molecule has 0 N–H and O–H groups in total. The summed E-state index contributed by atoms with van der Waals surface area (Å²) in [6.45, 7) is -2.16. The monoisotopic (exact) mass is 564 g/mol. The lowest BCUT2D eigenvalue weighted by Crippen LogP contribution is -2.28. The van der Waals surface area contributed by atoms with Gasteiger partial charge in [0.05, 0.1) is 12.0 Å². The highest BCUT2D eigenvalue weighted by molar-refractivity contribution is 9.48. The summed E-state index contributed by atoms with van der Waals surface area (Å²) < 4.78 is 1.16. The second kappa shape index (κ2) is 9.71. The van der Waals surface area contributed by atoms with Crippen molar-refractivity contribution in [3.8, 4) is 0 Å². The van der Waals surface area contributed by atoms with Gasteiger partial charge in [0.25, 0.3) is 0 Å². The van der Waals surface area contributed by atoms with E-state index in [0.717, 1.165) is 4.78 Å². The Balaban J connectivity index is 2.59. The van der Waals surface area contributed by atoms with Gasteiger partial charge in [-0.15, -0.1) is 0 Å². The van der Waals surface area contributed by atoms with Gasteiger partial charge in [-0.3, -0.25) is 0 Å². The number of halogens is 4. The van der Waals surface area contributed by atoms with Crippen molar-refractivity contribution in [3.05, 3.63) is 91.0 Å². The van der Waals surface area contributed by atoms with E-state index in [-0.39, 0.29) is 0 Å². The molecule has 7 heteroatoms. The second-order valence-electron chi connectivity index (χ2n) is 5.44. The molecule has 3 rings (SSSR count). The van der Waals surface area contributed by atoms with Crippen LogP contribution in [0.5, 0.6) is 0 Å². The minimum Gasteiger partial charge on any atom is -0.0780 e. The molecular formula is C19H15Br2Cl2P3. The molecule has 0 spiro atoms. The van der Waals surface area contributed by atoms with Gasteiger partial charge in [-0.25, -0.2) is 0 Å². The van der Waals surface area contributed by atoms with E-state index in [1.165, 1.54) is 15.9 Å². The minimum atomic E-state index is -2.16. The molecule has 0 aromatic heterocycles. The van der Waals surface area contributed by atoms with Crippen molar-refractivity contribution in [1.29, 1.82) is 0 Å². The molecule has 0 saturated heterocycles. The van der Waals surface area contributed by atoms with Crippen LogP contribution in [0.25, 0.3) is 0 Å². The molecule has 0 aliphatic rings. The SMILES string of the molecule is ClP(Br)C(P(Cl)Br)=P(c1ccccc1)(c1ccccc1)c1ccccc1. The van der Waals surface area contributed by atoms with Crippen LogP contribution in [0.3, 0.4) is 0 Å². The molecule has 0 fully saturated rings. The van der Waals surface area contributed by atoms with E-state index < -0.39 is 18.8 Å². The first-order valence-corrected chi connectivity index (χ1v) is 18.1. The molecule has 0 aliphatic carbocycles. The molecule has 0 amide bonds. The zero-order valence-electron chi connectivity index (χ0n) is 13.5. The third-order valence-electron chi connectivity index (χ3n) is 4.03. The van der Waals surface area contributed by atoms with Crippen LogP contribution >= 0.6 is 72.3 Å². The van der Waals surface area contributed by atoms with Gasteiger partial charge < -0.3 is 0 Å². The van der Waals surface area contributed by atoms with Gasteiger partial charge in [0.2, 0.25) is 0 Å². The highest BCUT2D eigenvalue weighted by Crippen LogP contribution is 2.74. The molecule has 3 aromatic carbocycles. The van der Waals surface area contributed by atoms with Crippen molar-refractivity contribution in [2.24, 2.45) is 0 Å².